The van der Waals surface area contributed by atoms with Crippen LogP contribution in [0.25, 0.3) is 0 Å². The van der Waals surface area contributed by atoms with Crippen LogP contribution >= 0.6 is 10.7 Å². The molecular weight excluding hydrogens is 222 g/mol. The molecule has 0 heterocycles. The normalized spacial score (nSPS) is 11.0. The maximum absolute atomic E-state index is 11.1. The third kappa shape index (κ3) is 1.89. The molecule has 0 radical (unpaired) electrons. The van der Waals surface area contributed by atoms with Gasteiger partial charge in [-0.15, -0.1) is 0 Å². The van der Waals surface area contributed by atoms with Crippen LogP contribution in [0.2, 0.25) is 0 Å². The molecule has 0 saturated heterocycles. The van der Waals surface area contributed by atoms with Crippen LogP contribution in [0.1, 0.15) is 16.7 Å². The Balaban J connectivity index is 3.57. The van der Waals surface area contributed by atoms with Crippen molar-refractivity contribution in [2.45, 2.75) is 18.7 Å². The van der Waals surface area contributed by atoms with Gasteiger partial charge in [0, 0.05) is 10.7 Å². The van der Waals surface area contributed by atoms with Gasteiger partial charge in [-0.05, 0) is 37.1 Å². The first-order valence-corrected chi connectivity index (χ1v) is 6.14. The topological polar surface area (TPSA) is 57.9 Å². The Morgan fingerprint density at radius 3 is 2.29 bits per heavy atom. The maximum Gasteiger partial charge on any atom is 0.261 e. The summed E-state index contributed by atoms with van der Waals surface area (Å²) in [5.74, 6) is 0. The molecule has 0 spiro atoms. The monoisotopic (exact) mass is 229 g/mol. The quantitative estimate of drug-likeness (QED) is 0.693. The minimum Gasteiger partial charge on any atom is -0.207 e. The first kappa shape index (κ1) is 11.0. The standard InChI is InChI=1S/C9H8ClNO2S/c1-6-7(2)9(14(10,12)13)4-3-8(6)5-11/h3-4H,1-2H3. The summed E-state index contributed by atoms with van der Waals surface area (Å²) in [6.07, 6.45) is 0. The van der Waals surface area contributed by atoms with Gasteiger partial charge in [0.15, 0.2) is 0 Å². The molecular formula is C9H8ClNO2S. The average Bonchev–Trinajstić information content (AvgIpc) is 2.07. The van der Waals surface area contributed by atoms with Crippen LogP contribution in [-0.4, -0.2) is 8.42 Å². The fourth-order valence-electron chi connectivity index (χ4n) is 1.18. The Morgan fingerprint density at radius 2 is 1.86 bits per heavy atom. The lowest BCUT2D eigenvalue weighted by atomic mass is 10.0. The molecule has 14 heavy (non-hydrogen) atoms. The second-order valence-electron chi connectivity index (χ2n) is 2.91. The van der Waals surface area contributed by atoms with Crippen LogP contribution in [0, 0.1) is 25.2 Å². The molecule has 1 rings (SSSR count). The smallest absolute Gasteiger partial charge is 0.207 e. The first-order chi connectivity index (χ1) is 6.38. The van der Waals surface area contributed by atoms with Crippen LogP contribution < -0.4 is 0 Å². The van der Waals surface area contributed by atoms with Crippen LogP contribution in [0.5, 0.6) is 0 Å². The highest BCUT2D eigenvalue weighted by molar-refractivity contribution is 8.13. The average molecular weight is 230 g/mol. The molecule has 0 fully saturated rings. The van der Waals surface area contributed by atoms with Crippen LogP contribution in [-0.2, 0) is 9.05 Å². The zero-order valence-electron chi connectivity index (χ0n) is 7.70. The van der Waals surface area contributed by atoms with E-state index in [2.05, 4.69) is 0 Å². The number of hydrogen-bond acceptors (Lipinski definition) is 3. The van der Waals surface area contributed by atoms with E-state index in [1.165, 1.54) is 12.1 Å². The third-order valence-electron chi connectivity index (χ3n) is 2.12. The van der Waals surface area contributed by atoms with E-state index in [0.29, 0.717) is 16.7 Å². The Hall–Kier alpha value is -1.05. The maximum atomic E-state index is 11.1. The summed E-state index contributed by atoms with van der Waals surface area (Å²) < 4.78 is 22.2. The van der Waals surface area contributed by atoms with Gasteiger partial charge in [0.2, 0.25) is 0 Å². The summed E-state index contributed by atoms with van der Waals surface area (Å²) in [6, 6.07) is 4.78. The molecule has 0 aromatic heterocycles. The lowest BCUT2D eigenvalue weighted by Gasteiger charge is -2.06. The minimum absolute atomic E-state index is 0.0654. The number of halogens is 1. The largest absolute Gasteiger partial charge is 0.261 e. The van der Waals surface area contributed by atoms with Gasteiger partial charge in [0.25, 0.3) is 9.05 Å². The second-order valence-corrected chi connectivity index (χ2v) is 5.45. The van der Waals surface area contributed by atoms with Gasteiger partial charge in [0.05, 0.1) is 16.5 Å². The lowest BCUT2D eigenvalue weighted by molar-refractivity contribution is 0.609. The van der Waals surface area contributed by atoms with Crippen LogP contribution in [0.3, 0.4) is 0 Å². The molecule has 0 aliphatic rings. The van der Waals surface area contributed by atoms with Gasteiger partial charge in [-0.1, -0.05) is 0 Å². The first-order valence-electron chi connectivity index (χ1n) is 3.83. The predicted molar refractivity (Wildman–Crippen MR) is 53.7 cm³/mol. The third-order valence-corrected chi connectivity index (χ3v) is 3.59. The molecule has 1 aromatic carbocycles. The molecule has 5 heteroatoms. The van der Waals surface area contributed by atoms with Crippen molar-refractivity contribution in [1.82, 2.24) is 0 Å². The molecule has 0 aliphatic carbocycles. The van der Waals surface area contributed by atoms with E-state index in [1.807, 2.05) is 6.07 Å². The zero-order chi connectivity index (χ0) is 10.9. The summed E-state index contributed by atoms with van der Waals surface area (Å²) in [7, 11) is 1.50. The molecule has 3 nitrogen and oxygen atoms in total. The van der Waals surface area contributed by atoms with Crippen molar-refractivity contribution in [2.24, 2.45) is 0 Å². The number of nitriles is 1. The van der Waals surface area contributed by atoms with Gasteiger partial charge in [0.1, 0.15) is 0 Å². The van der Waals surface area contributed by atoms with Crippen LogP contribution in [0.15, 0.2) is 17.0 Å². The summed E-state index contributed by atoms with van der Waals surface area (Å²) in [4.78, 5) is 0.0654. The van der Waals surface area contributed by atoms with Crippen molar-refractivity contribution in [2.75, 3.05) is 0 Å². The van der Waals surface area contributed by atoms with Gasteiger partial charge in [-0.25, -0.2) is 8.42 Å². The lowest BCUT2D eigenvalue weighted by Crippen LogP contribution is -1.98. The highest BCUT2D eigenvalue weighted by atomic mass is 35.7. The fourth-order valence-corrected chi connectivity index (χ4v) is 2.43. The molecule has 0 N–H and O–H groups in total. The Labute approximate surface area is 87.4 Å². The SMILES string of the molecule is Cc1c(C#N)ccc(S(=O)(=O)Cl)c1C. The van der Waals surface area contributed by atoms with E-state index in [0.717, 1.165) is 0 Å². The molecule has 0 atom stereocenters. The minimum atomic E-state index is -3.72. The number of rotatable bonds is 1. The molecule has 74 valence electrons. The van der Waals surface area contributed by atoms with Crippen molar-refractivity contribution in [1.29, 1.82) is 5.26 Å². The van der Waals surface area contributed by atoms with E-state index in [-0.39, 0.29) is 4.90 Å². The van der Waals surface area contributed by atoms with Crippen LogP contribution in [0.4, 0.5) is 0 Å². The van der Waals surface area contributed by atoms with Crippen molar-refractivity contribution in [3.8, 4) is 6.07 Å². The van der Waals surface area contributed by atoms with Gasteiger partial charge in [-0.3, -0.25) is 0 Å². The van der Waals surface area contributed by atoms with Crippen molar-refractivity contribution in [3.05, 3.63) is 28.8 Å². The highest BCUT2D eigenvalue weighted by Crippen LogP contribution is 2.24. The Bertz CT molecular complexity index is 514. The second kappa shape index (κ2) is 3.60. The van der Waals surface area contributed by atoms with E-state index >= 15 is 0 Å². The van der Waals surface area contributed by atoms with Crippen molar-refractivity contribution < 1.29 is 8.42 Å². The highest BCUT2D eigenvalue weighted by Gasteiger charge is 2.15. The summed E-state index contributed by atoms with van der Waals surface area (Å²) in [6.45, 7) is 3.32. The number of nitrogens with zero attached hydrogens (tertiary/aromatic N) is 1. The molecule has 0 amide bonds. The van der Waals surface area contributed by atoms with E-state index in [1.54, 1.807) is 13.8 Å². The molecule has 0 aliphatic heterocycles. The fraction of sp³-hybridized carbons (Fsp3) is 0.222. The van der Waals surface area contributed by atoms with Gasteiger partial charge in [-0.2, -0.15) is 5.26 Å². The van der Waals surface area contributed by atoms with Gasteiger partial charge < -0.3 is 0 Å². The number of hydrogen-bond donors (Lipinski definition) is 0. The molecule has 0 bridgehead atoms. The Morgan fingerprint density at radius 1 is 1.29 bits per heavy atom. The van der Waals surface area contributed by atoms with Crippen molar-refractivity contribution >= 4 is 19.7 Å². The van der Waals surface area contributed by atoms with E-state index in [4.69, 9.17) is 15.9 Å². The number of benzene rings is 1. The molecule has 1 aromatic rings. The van der Waals surface area contributed by atoms with Gasteiger partial charge >= 0.3 is 0 Å². The van der Waals surface area contributed by atoms with E-state index in [9.17, 15) is 8.42 Å². The summed E-state index contributed by atoms with van der Waals surface area (Å²) in [5, 5.41) is 8.70. The zero-order valence-corrected chi connectivity index (χ0v) is 9.28. The Kier molecular flexibility index (Phi) is 2.84. The molecule has 0 unspecified atom stereocenters. The summed E-state index contributed by atoms with van der Waals surface area (Å²) >= 11 is 0. The van der Waals surface area contributed by atoms with E-state index < -0.39 is 9.05 Å². The van der Waals surface area contributed by atoms with Crippen molar-refractivity contribution in [3.63, 3.8) is 0 Å². The predicted octanol–water partition coefficient (Wildman–Crippen LogP) is 2.10. The molecule has 0 saturated carbocycles. The summed E-state index contributed by atoms with van der Waals surface area (Å²) in [5.41, 5.74) is 1.64.